The average molecular weight is 350 g/mol. The van der Waals surface area contributed by atoms with Gasteiger partial charge in [-0.2, -0.15) is 0 Å². The average Bonchev–Trinajstić information content (AvgIpc) is 3.14. The normalized spacial score (nSPS) is 11.0. The number of nitrogens with one attached hydrogen (secondary N) is 1. The van der Waals surface area contributed by atoms with E-state index in [4.69, 9.17) is 11.6 Å². The molecule has 0 aliphatic heterocycles. The van der Waals surface area contributed by atoms with Gasteiger partial charge in [-0.1, -0.05) is 23.7 Å². The molecule has 0 bridgehead atoms. The molecular weight excluding hydrogens is 334 g/mol. The van der Waals surface area contributed by atoms with Crippen LogP contribution in [0.25, 0.3) is 11.0 Å². The van der Waals surface area contributed by atoms with Crippen molar-refractivity contribution in [3.8, 4) is 0 Å². The number of aryl methyl sites for hydroxylation is 1. The summed E-state index contributed by atoms with van der Waals surface area (Å²) < 4.78 is 2.60. The molecule has 1 aromatic carbocycles. The fourth-order valence-electron chi connectivity index (χ4n) is 2.43. The lowest BCUT2D eigenvalue weighted by Gasteiger charge is -2.08. The number of hydrogen-bond donors (Lipinski definition) is 2. The number of carbonyl (C=O) groups excluding carboxylic acids is 1. The number of hydrogen-bond acceptors (Lipinski definition) is 4. The topological polar surface area (TPSA) is 67.2 Å². The fourth-order valence-corrected chi connectivity index (χ4v) is 3.46. The van der Waals surface area contributed by atoms with Crippen molar-refractivity contribution in [1.29, 1.82) is 0 Å². The van der Waals surface area contributed by atoms with Crippen LogP contribution in [0.3, 0.4) is 0 Å². The van der Waals surface area contributed by atoms with Crippen molar-refractivity contribution in [3.63, 3.8) is 0 Å². The summed E-state index contributed by atoms with van der Waals surface area (Å²) in [5.74, 6) is 0.528. The van der Waals surface area contributed by atoms with Crippen LogP contribution in [-0.4, -0.2) is 20.6 Å². The molecule has 0 fully saturated rings. The molecule has 0 aliphatic rings. The Hall–Kier alpha value is -1.89. The Morgan fingerprint density at radius 3 is 2.87 bits per heavy atom. The van der Waals surface area contributed by atoms with Crippen LogP contribution >= 0.6 is 22.9 Å². The molecule has 23 heavy (non-hydrogen) atoms. The highest BCUT2D eigenvalue weighted by molar-refractivity contribution is 7.16. The molecular formula is C16H16ClN3O2S. The Kier molecular flexibility index (Phi) is 4.95. The minimum Gasteiger partial charge on any atom is -0.388 e. The third-order valence-electron chi connectivity index (χ3n) is 3.53. The van der Waals surface area contributed by atoms with E-state index >= 15 is 0 Å². The number of rotatable bonds is 6. The number of halogens is 1. The van der Waals surface area contributed by atoms with Gasteiger partial charge in [0, 0.05) is 17.8 Å². The zero-order valence-electron chi connectivity index (χ0n) is 12.3. The van der Waals surface area contributed by atoms with E-state index in [-0.39, 0.29) is 12.5 Å². The summed E-state index contributed by atoms with van der Waals surface area (Å²) in [7, 11) is 0. The third-order valence-corrected chi connectivity index (χ3v) is 4.76. The first-order chi connectivity index (χ1) is 11.2. The van der Waals surface area contributed by atoms with Crippen LogP contribution in [0.2, 0.25) is 4.34 Å². The molecule has 120 valence electrons. The number of amides is 1. The van der Waals surface area contributed by atoms with Gasteiger partial charge in [-0.25, -0.2) is 4.98 Å². The summed E-state index contributed by atoms with van der Waals surface area (Å²) in [5, 5.41) is 12.3. The second kappa shape index (κ2) is 7.12. The molecule has 0 unspecified atom stereocenters. The second-order valence-corrected chi connectivity index (χ2v) is 6.86. The molecule has 2 aromatic heterocycles. The van der Waals surface area contributed by atoms with Gasteiger partial charge in [0.1, 0.15) is 12.4 Å². The van der Waals surface area contributed by atoms with Crippen molar-refractivity contribution in [2.45, 2.75) is 26.1 Å². The van der Waals surface area contributed by atoms with Crippen LogP contribution in [0, 0.1) is 0 Å². The minimum absolute atomic E-state index is 0.0452. The van der Waals surface area contributed by atoms with Crippen LogP contribution in [0.5, 0.6) is 0 Å². The van der Waals surface area contributed by atoms with E-state index < -0.39 is 0 Å². The van der Waals surface area contributed by atoms with E-state index in [0.29, 0.717) is 29.7 Å². The number of aromatic nitrogens is 2. The van der Waals surface area contributed by atoms with Gasteiger partial charge in [0.15, 0.2) is 0 Å². The lowest BCUT2D eigenvalue weighted by molar-refractivity contribution is -0.121. The van der Waals surface area contributed by atoms with Crippen molar-refractivity contribution in [3.05, 3.63) is 51.4 Å². The van der Waals surface area contributed by atoms with E-state index in [1.165, 1.54) is 11.3 Å². The van der Waals surface area contributed by atoms with Gasteiger partial charge in [-0.3, -0.25) is 4.79 Å². The van der Waals surface area contributed by atoms with E-state index in [1.807, 2.05) is 41.0 Å². The molecule has 2 heterocycles. The molecule has 7 heteroatoms. The molecule has 0 atom stereocenters. The fraction of sp³-hybridized carbons (Fsp3) is 0.250. The molecule has 0 saturated carbocycles. The number of benzene rings is 1. The van der Waals surface area contributed by atoms with Gasteiger partial charge in [0.25, 0.3) is 0 Å². The maximum Gasteiger partial charge on any atom is 0.222 e. The number of aliphatic hydroxyl groups excluding tert-OH is 1. The number of imidazole rings is 1. The van der Waals surface area contributed by atoms with Gasteiger partial charge in [-0.15, -0.1) is 11.3 Å². The van der Waals surface area contributed by atoms with Gasteiger partial charge in [0.2, 0.25) is 5.91 Å². The lowest BCUT2D eigenvalue weighted by atomic mass is 10.3. The standard InChI is InChI=1S/C16H16ClN3O2S/c17-14-6-5-11(23-14)9-18-16(22)7-8-20-13-4-2-1-3-12(13)19-15(20)10-21/h1-6,21H,7-10H2,(H,18,22). The van der Waals surface area contributed by atoms with Crippen molar-refractivity contribution >= 4 is 39.9 Å². The van der Waals surface area contributed by atoms with Crippen molar-refractivity contribution < 1.29 is 9.90 Å². The van der Waals surface area contributed by atoms with Gasteiger partial charge in [0.05, 0.1) is 21.9 Å². The molecule has 0 saturated heterocycles. The molecule has 5 nitrogen and oxygen atoms in total. The molecule has 0 spiro atoms. The van der Waals surface area contributed by atoms with Crippen LogP contribution in [-0.2, 0) is 24.5 Å². The number of aliphatic hydroxyl groups is 1. The third kappa shape index (κ3) is 3.72. The molecule has 3 rings (SSSR count). The number of nitrogens with zero attached hydrogens (tertiary/aromatic N) is 2. The summed E-state index contributed by atoms with van der Waals surface area (Å²) in [5.41, 5.74) is 1.75. The Bertz CT molecular complexity index is 828. The summed E-state index contributed by atoms with van der Waals surface area (Å²) in [6, 6.07) is 11.4. The summed E-state index contributed by atoms with van der Waals surface area (Å²) in [6.07, 6.45) is 0.326. The SMILES string of the molecule is O=C(CCn1c(CO)nc2ccccc21)NCc1ccc(Cl)s1. The summed E-state index contributed by atoms with van der Waals surface area (Å²) in [4.78, 5) is 17.4. The summed E-state index contributed by atoms with van der Waals surface area (Å²) in [6.45, 7) is 0.811. The number of carbonyl (C=O) groups is 1. The number of thiophene rings is 1. The Balaban J connectivity index is 1.62. The summed E-state index contributed by atoms with van der Waals surface area (Å²) >= 11 is 7.32. The molecule has 1 amide bonds. The van der Waals surface area contributed by atoms with Crippen LogP contribution in [0.1, 0.15) is 17.1 Å². The molecule has 2 N–H and O–H groups in total. The highest BCUT2D eigenvalue weighted by Crippen LogP contribution is 2.21. The van der Waals surface area contributed by atoms with Gasteiger partial charge in [-0.05, 0) is 24.3 Å². The van der Waals surface area contributed by atoms with Crippen molar-refractivity contribution in [2.24, 2.45) is 0 Å². The largest absolute Gasteiger partial charge is 0.388 e. The second-order valence-electron chi connectivity index (χ2n) is 5.06. The van der Waals surface area contributed by atoms with E-state index in [0.717, 1.165) is 15.9 Å². The van der Waals surface area contributed by atoms with Crippen LogP contribution in [0.4, 0.5) is 0 Å². The van der Waals surface area contributed by atoms with Crippen molar-refractivity contribution in [1.82, 2.24) is 14.9 Å². The maximum absolute atomic E-state index is 12.0. The zero-order valence-corrected chi connectivity index (χ0v) is 13.9. The quantitative estimate of drug-likeness (QED) is 0.719. The number of fused-ring (bicyclic) bond motifs is 1. The number of para-hydroxylation sites is 2. The first kappa shape index (κ1) is 16.0. The predicted octanol–water partition coefficient (Wildman–Crippen LogP) is 2.95. The molecule has 0 aliphatic carbocycles. The van der Waals surface area contributed by atoms with Gasteiger partial charge >= 0.3 is 0 Å². The Morgan fingerprint density at radius 1 is 1.30 bits per heavy atom. The minimum atomic E-state index is -0.149. The highest BCUT2D eigenvalue weighted by Gasteiger charge is 2.11. The zero-order chi connectivity index (χ0) is 16.2. The monoisotopic (exact) mass is 349 g/mol. The molecule has 3 aromatic rings. The Labute approximate surface area is 142 Å². The van der Waals surface area contributed by atoms with E-state index in [9.17, 15) is 9.90 Å². The smallest absolute Gasteiger partial charge is 0.222 e. The van der Waals surface area contributed by atoms with E-state index in [2.05, 4.69) is 10.3 Å². The van der Waals surface area contributed by atoms with Crippen LogP contribution < -0.4 is 5.32 Å². The maximum atomic E-state index is 12.0. The first-order valence-electron chi connectivity index (χ1n) is 7.23. The first-order valence-corrected chi connectivity index (χ1v) is 8.42. The lowest BCUT2D eigenvalue weighted by Crippen LogP contribution is -2.23. The van der Waals surface area contributed by atoms with Gasteiger partial charge < -0.3 is 15.0 Å². The van der Waals surface area contributed by atoms with Crippen molar-refractivity contribution in [2.75, 3.05) is 0 Å². The molecule has 0 radical (unpaired) electrons. The Morgan fingerprint density at radius 2 is 2.13 bits per heavy atom. The predicted molar refractivity (Wildman–Crippen MR) is 91.4 cm³/mol. The van der Waals surface area contributed by atoms with Crippen LogP contribution in [0.15, 0.2) is 36.4 Å². The highest BCUT2D eigenvalue weighted by atomic mass is 35.5. The van der Waals surface area contributed by atoms with E-state index in [1.54, 1.807) is 0 Å².